The Kier molecular flexibility index (Phi) is 3.59. The van der Waals surface area contributed by atoms with E-state index in [1.54, 1.807) is 6.20 Å². The number of anilines is 1. The molecule has 0 amide bonds. The lowest BCUT2D eigenvalue weighted by Gasteiger charge is -2.17. The SMILES string of the molecule is Cc1ncccc1NC(C)c1cccc(C#N)c1. The summed E-state index contributed by atoms with van der Waals surface area (Å²) >= 11 is 0. The fourth-order valence-electron chi connectivity index (χ4n) is 1.83. The molecule has 0 bridgehead atoms. The van der Waals surface area contributed by atoms with Crippen molar-refractivity contribution in [1.29, 1.82) is 5.26 Å². The van der Waals surface area contributed by atoms with Gasteiger partial charge in [-0.2, -0.15) is 5.26 Å². The Bertz CT molecular complexity index is 584. The number of rotatable bonds is 3. The molecule has 3 heteroatoms. The maximum Gasteiger partial charge on any atom is 0.0991 e. The van der Waals surface area contributed by atoms with E-state index < -0.39 is 0 Å². The number of nitrogens with one attached hydrogen (secondary N) is 1. The van der Waals surface area contributed by atoms with Crippen molar-refractivity contribution in [3.8, 4) is 6.07 Å². The number of nitrogens with zero attached hydrogens (tertiary/aromatic N) is 2. The predicted molar refractivity (Wildman–Crippen MR) is 72.2 cm³/mol. The van der Waals surface area contributed by atoms with Gasteiger partial charge in [0.2, 0.25) is 0 Å². The quantitative estimate of drug-likeness (QED) is 0.889. The number of hydrogen-bond donors (Lipinski definition) is 1. The minimum absolute atomic E-state index is 0.140. The lowest BCUT2D eigenvalue weighted by Crippen LogP contribution is -2.08. The Morgan fingerprint density at radius 3 is 2.83 bits per heavy atom. The summed E-state index contributed by atoms with van der Waals surface area (Å²) in [7, 11) is 0. The van der Waals surface area contributed by atoms with Crippen LogP contribution in [0.1, 0.15) is 29.8 Å². The maximum absolute atomic E-state index is 8.90. The highest BCUT2D eigenvalue weighted by Crippen LogP contribution is 2.21. The fraction of sp³-hybridized carbons (Fsp3) is 0.200. The first-order chi connectivity index (χ1) is 8.70. The van der Waals surface area contributed by atoms with Gasteiger partial charge >= 0.3 is 0 Å². The molecule has 90 valence electrons. The maximum atomic E-state index is 8.90. The van der Waals surface area contributed by atoms with Crippen molar-refractivity contribution >= 4 is 5.69 Å². The van der Waals surface area contributed by atoms with Gasteiger partial charge in [0.15, 0.2) is 0 Å². The summed E-state index contributed by atoms with van der Waals surface area (Å²) in [5.74, 6) is 0. The molecule has 1 unspecified atom stereocenters. The Balaban J connectivity index is 2.20. The molecule has 2 aromatic rings. The zero-order valence-corrected chi connectivity index (χ0v) is 10.5. The molecule has 0 aliphatic heterocycles. The molecule has 0 aliphatic rings. The van der Waals surface area contributed by atoms with Crippen LogP contribution in [0.2, 0.25) is 0 Å². The van der Waals surface area contributed by atoms with Crippen LogP contribution in [-0.4, -0.2) is 4.98 Å². The van der Waals surface area contributed by atoms with Crippen LogP contribution >= 0.6 is 0 Å². The molecule has 0 spiro atoms. The molecule has 3 nitrogen and oxygen atoms in total. The summed E-state index contributed by atoms with van der Waals surface area (Å²) in [5, 5.41) is 12.3. The van der Waals surface area contributed by atoms with Crippen molar-refractivity contribution in [3.05, 3.63) is 59.4 Å². The lowest BCUT2D eigenvalue weighted by molar-refractivity contribution is 0.878. The summed E-state index contributed by atoms with van der Waals surface area (Å²) in [6, 6.07) is 13.9. The molecule has 0 radical (unpaired) electrons. The second-order valence-electron chi connectivity index (χ2n) is 4.24. The topological polar surface area (TPSA) is 48.7 Å². The molecule has 1 aromatic carbocycles. The number of benzene rings is 1. The van der Waals surface area contributed by atoms with Crippen LogP contribution in [0.4, 0.5) is 5.69 Å². The van der Waals surface area contributed by atoms with Gasteiger partial charge in [-0.25, -0.2) is 0 Å². The second-order valence-corrected chi connectivity index (χ2v) is 4.24. The number of pyridine rings is 1. The smallest absolute Gasteiger partial charge is 0.0991 e. The third kappa shape index (κ3) is 2.67. The molecule has 0 aliphatic carbocycles. The van der Waals surface area contributed by atoms with E-state index in [2.05, 4.69) is 23.3 Å². The van der Waals surface area contributed by atoms with E-state index in [1.165, 1.54) is 0 Å². The van der Waals surface area contributed by atoms with Gasteiger partial charge in [0.1, 0.15) is 0 Å². The minimum Gasteiger partial charge on any atom is -0.377 e. The van der Waals surface area contributed by atoms with E-state index in [-0.39, 0.29) is 6.04 Å². The van der Waals surface area contributed by atoms with Crippen LogP contribution in [0.3, 0.4) is 0 Å². The monoisotopic (exact) mass is 237 g/mol. The van der Waals surface area contributed by atoms with E-state index in [0.717, 1.165) is 16.9 Å². The van der Waals surface area contributed by atoms with Gasteiger partial charge in [-0.05, 0) is 43.7 Å². The Labute approximate surface area is 107 Å². The summed E-state index contributed by atoms with van der Waals surface area (Å²) in [4.78, 5) is 4.24. The van der Waals surface area contributed by atoms with Gasteiger partial charge in [0, 0.05) is 12.2 Å². The molecular weight excluding hydrogens is 222 g/mol. The first kappa shape index (κ1) is 12.1. The summed E-state index contributed by atoms with van der Waals surface area (Å²) in [5.41, 5.74) is 3.77. The molecule has 1 heterocycles. The van der Waals surface area contributed by atoms with E-state index in [1.807, 2.05) is 43.3 Å². The normalized spacial score (nSPS) is 11.6. The van der Waals surface area contributed by atoms with Crippen molar-refractivity contribution in [3.63, 3.8) is 0 Å². The van der Waals surface area contributed by atoms with Crippen LogP contribution in [0.15, 0.2) is 42.6 Å². The van der Waals surface area contributed by atoms with Gasteiger partial charge < -0.3 is 5.32 Å². The largest absolute Gasteiger partial charge is 0.377 e. The molecular formula is C15H15N3. The third-order valence-corrected chi connectivity index (χ3v) is 2.89. The number of hydrogen-bond acceptors (Lipinski definition) is 3. The van der Waals surface area contributed by atoms with E-state index in [9.17, 15) is 0 Å². The Morgan fingerprint density at radius 2 is 2.11 bits per heavy atom. The zero-order valence-electron chi connectivity index (χ0n) is 10.5. The molecule has 0 saturated carbocycles. The summed E-state index contributed by atoms with van der Waals surface area (Å²) in [6.07, 6.45) is 1.78. The van der Waals surface area contributed by atoms with Crippen molar-refractivity contribution < 1.29 is 0 Å². The molecule has 2 rings (SSSR count). The highest BCUT2D eigenvalue weighted by Gasteiger charge is 2.07. The van der Waals surface area contributed by atoms with Gasteiger partial charge in [-0.3, -0.25) is 4.98 Å². The van der Waals surface area contributed by atoms with Gasteiger partial charge in [-0.1, -0.05) is 12.1 Å². The molecule has 0 saturated heterocycles. The number of aryl methyl sites for hydroxylation is 1. The molecule has 1 N–H and O–H groups in total. The summed E-state index contributed by atoms with van der Waals surface area (Å²) < 4.78 is 0. The van der Waals surface area contributed by atoms with Crippen molar-refractivity contribution in [2.24, 2.45) is 0 Å². The molecule has 18 heavy (non-hydrogen) atoms. The van der Waals surface area contributed by atoms with Crippen LogP contribution < -0.4 is 5.32 Å². The first-order valence-electron chi connectivity index (χ1n) is 5.89. The summed E-state index contributed by atoms with van der Waals surface area (Å²) in [6.45, 7) is 4.05. The van der Waals surface area contributed by atoms with E-state index in [4.69, 9.17) is 5.26 Å². The average molecular weight is 237 g/mol. The Morgan fingerprint density at radius 1 is 1.28 bits per heavy atom. The van der Waals surface area contributed by atoms with Gasteiger partial charge in [-0.15, -0.1) is 0 Å². The van der Waals surface area contributed by atoms with Crippen LogP contribution in [0, 0.1) is 18.3 Å². The second kappa shape index (κ2) is 5.33. The highest BCUT2D eigenvalue weighted by molar-refractivity contribution is 5.49. The average Bonchev–Trinajstić information content (AvgIpc) is 2.41. The van der Waals surface area contributed by atoms with E-state index in [0.29, 0.717) is 5.56 Å². The van der Waals surface area contributed by atoms with Crippen LogP contribution in [-0.2, 0) is 0 Å². The third-order valence-electron chi connectivity index (χ3n) is 2.89. The standard InChI is InChI=1S/C15H15N3/c1-11(14-6-3-5-13(9-14)10-16)18-15-7-4-8-17-12(15)2/h3-9,11,18H,1-2H3. The highest BCUT2D eigenvalue weighted by atomic mass is 14.9. The van der Waals surface area contributed by atoms with Gasteiger partial charge in [0.05, 0.1) is 23.0 Å². The van der Waals surface area contributed by atoms with Crippen LogP contribution in [0.25, 0.3) is 0 Å². The molecule has 0 fully saturated rings. The predicted octanol–water partition coefficient (Wildman–Crippen LogP) is 3.43. The number of aromatic nitrogens is 1. The first-order valence-corrected chi connectivity index (χ1v) is 5.89. The Hall–Kier alpha value is -2.34. The lowest BCUT2D eigenvalue weighted by atomic mass is 10.1. The molecule has 1 atom stereocenters. The van der Waals surface area contributed by atoms with E-state index >= 15 is 0 Å². The zero-order chi connectivity index (χ0) is 13.0. The van der Waals surface area contributed by atoms with Crippen molar-refractivity contribution in [2.75, 3.05) is 5.32 Å². The fourth-order valence-corrected chi connectivity index (χ4v) is 1.83. The van der Waals surface area contributed by atoms with Crippen LogP contribution in [0.5, 0.6) is 0 Å². The van der Waals surface area contributed by atoms with Crippen molar-refractivity contribution in [1.82, 2.24) is 4.98 Å². The van der Waals surface area contributed by atoms with Crippen molar-refractivity contribution in [2.45, 2.75) is 19.9 Å². The number of nitriles is 1. The minimum atomic E-state index is 0.140. The molecule has 1 aromatic heterocycles. The van der Waals surface area contributed by atoms with Gasteiger partial charge in [0.25, 0.3) is 0 Å².